The number of carbonyl (C=O) groups excluding carboxylic acids is 1. The van der Waals surface area contributed by atoms with Crippen LogP contribution < -0.4 is 10.2 Å². The lowest BCUT2D eigenvalue weighted by molar-refractivity contribution is 0.101. The second-order valence-electron chi connectivity index (χ2n) is 4.27. The van der Waals surface area contributed by atoms with Crippen molar-refractivity contribution in [3.05, 3.63) is 28.9 Å². The van der Waals surface area contributed by atoms with E-state index in [4.69, 9.17) is 0 Å². The van der Waals surface area contributed by atoms with Gasteiger partial charge in [-0.05, 0) is 22.9 Å². The van der Waals surface area contributed by atoms with E-state index in [0.29, 0.717) is 28.2 Å². The molecule has 0 bridgehead atoms. The molecule has 7 nitrogen and oxygen atoms in total. The molecule has 0 unspecified atom stereocenters. The lowest BCUT2D eigenvalue weighted by atomic mass is 10.3. The van der Waals surface area contributed by atoms with Crippen molar-refractivity contribution in [3.63, 3.8) is 0 Å². The Kier molecular flexibility index (Phi) is 4.33. The predicted molar refractivity (Wildman–Crippen MR) is 79.9 cm³/mol. The van der Waals surface area contributed by atoms with Crippen molar-refractivity contribution in [1.29, 1.82) is 0 Å². The highest BCUT2D eigenvalue weighted by Gasteiger charge is 2.18. The number of halogens is 1. The maximum atomic E-state index is 12.4. The highest BCUT2D eigenvalue weighted by atomic mass is 79.9. The Morgan fingerprint density at radius 3 is 2.85 bits per heavy atom. The molecule has 1 N–H and O–H groups in total. The zero-order valence-electron chi connectivity index (χ0n) is 11.5. The molecule has 20 heavy (non-hydrogen) atoms. The Balaban J connectivity index is 2.31. The van der Waals surface area contributed by atoms with Crippen LogP contribution in [0, 0.1) is 0 Å². The molecule has 0 radical (unpaired) electrons. The molecule has 0 saturated heterocycles. The van der Waals surface area contributed by atoms with E-state index in [0.717, 1.165) is 0 Å². The molecular weight excluding hydrogens is 324 g/mol. The first-order chi connectivity index (χ1) is 9.54. The minimum atomic E-state index is -0.255. The average molecular weight is 339 g/mol. The Bertz CT molecular complexity index is 624. The van der Waals surface area contributed by atoms with Crippen LogP contribution in [0.15, 0.2) is 23.2 Å². The first kappa shape index (κ1) is 14.4. The standard InChI is InChI=1S/C12H15BrN6O/c1-4-19-10(8(13)5-16-19)12(20)17-9-6-14-7-15-11(9)18(2)3/h5-7H,4H2,1-3H3,(H,17,20). The monoisotopic (exact) mass is 338 g/mol. The van der Waals surface area contributed by atoms with Gasteiger partial charge in [0.25, 0.3) is 5.91 Å². The van der Waals surface area contributed by atoms with E-state index in [1.54, 1.807) is 17.1 Å². The summed E-state index contributed by atoms with van der Waals surface area (Å²) in [6.07, 6.45) is 4.62. The Morgan fingerprint density at radius 1 is 1.45 bits per heavy atom. The smallest absolute Gasteiger partial charge is 0.275 e. The summed E-state index contributed by atoms with van der Waals surface area (Å²) < 4.78 is 2.28. The number of carbonyl (C=O) groups is 1. The Morgan fingerprint density at radius 2 is 2.20 bits per heavy atom. The van der Waals surface area contributed by atoms with E-state index in [1.807, 2.05) is 25.9 Å². The van der Waals surface area contributed by atoms with Crippen molar-refractivity contribution in [3.8, 4) is 0 Å². The van der Waals surface area contributed by atoms with Gasteiger partial charge in [-0.3, -0.25) is 9.48 Å². The zero-order valence-corrected chi connectivity index (χ0v) is 13.0. The fourth-order valence-electron chi connectivity index (χ4n) is 1.78. The number of amides is 1. The van der Waals surface area contributed by atoms with Crippen molar-refractivity contribution < 1.29 is 4.79 Å². The number of rotatable bonds is 4. The molecule has 0 spiro atoms. The first-order valence-corrected chi connectivity index (χ1v) is 6.83. The molecule has 0 aliphatic rings. The van der Waals surface area contributed by atoms with Crippen molar-refractivity contribution >= 4 is 33.3 Å². The predicted octanol–water partition coefficient (Wildman–Crippen LogP) is 1.77. The van der Waals surface area contributed by atoms with Crippen LogP contribution in [-0.4, -0.2) is 39.8 Å². The topological polar surface area (TPSA) is 75.9 Å². The van der Waals surface area contributed by atoms with Crippen LogP contribution in [0.1, 0.15) is 17.4 Å². The number of hydrogen-bond donors (Lipinski definition) is 1. The van der Waals surface area contributed by atoms with Gasteiger partial charge in [0.1, 0.15) is 17.7 Å². The van der Waals surface area contributed by atoms with Crippen molar-refractivity contribution in [1.82, 2.24) is 19.7 Å². The largest absolute Gasteiger partial charge is 0.361 e. The fourth-order valence-corrected chi connectivity index (χ4v) is 2.25. The molecule has 0 fully saturated rings. The van der Waals surface area contributed by atoms with Gasteiger partial charge in [0, 0.05) is 20.6 Å². The number of anilines is 2. The zero-order chi connectivity index (χ0) is 14.7. The quantitative estimate of drug-likeness (QED) is 0.919. The van der Waals surface area contributed by atoms with Gasteiger partial charge in [-0.15, -0.1) is 0 Å². The van der Waals surface area contributed by atoms with Crippen LogP contribution in [0.5, 0.6) is 0 Å². The highest BCUT2D eigenvalue weighted by molar-refractivity contribution is 9.10. The third-order valence-electron chi connectivity index (χ3n) is 2.67. The van der Waals surface area contributed by atoms with Gasteiger partial charge in [0.15, 0.2) is 5.82 Å². The molecule has 8 heteroatoms. The summed E-state index contributed by atoms with van der Waals surface area (Å²) in [5, 5.41) is 6.94. The van der Waals surface area contributed by atoms with E-state index in [2.05, 4.69) is 36.3 Å². The average Bonchev–Trinajstić information content (AvgIpc) is 2.80. The van der Waals surface area contributed by atoms with E-state index < -0.39 is 0 Å². The van der Waals surface area contributed by atoms with E-state index in [1.165, 1.54) is 6.33 Å². The summed E-state index contributed by atoms with van der Waals surface area (Å²) >= 11 is 3.33. The summed E-state index contributed by atoms with van der Waals surface area (Å²) in [6, 6.07) is 0. The first-order valence-electron chi connectivity index (χ1n) is 6.04. The van der Waals surface area contributed by atoms with Gasteiger partial charge in [0.05, 0.1) is 16.9 Å². The molecule has 0 atom stereocenters. The van der Waals surface area contributed by atoms with Crippen LogP contribution in [0.4, 0.5) is 11.5 Å². The third-order valence-corrected chi connectivity index (χ3v) is 3.25. The van der Waals surface area contributed by atoms with Crippen molar-refractivity contribution in [2.45, 2.75) is 13.5 Å². The van der Waals surface area contributed by atoms with Gasteiger partial charge in [-0.25, -0.2) is 9.97 Å². The van der Waals surface area contributed by atoms with E-state index in [-0.39, 0.29) is 5.91 Å². The minimum Gasteiger partial charge on any atom is -0.361 e. The van der Waals surface area contributed by atoms with Crippen molar-refractivity contribution in [2.24, 2.45) is 0 Å². The number of aromatic nitrogens is 4. The normalized spacial score (nSPS) is 10.4. The molecule has 2 aromatic rings. The van der Waals surface area contributed by atoms with Crippen LogP contribution in [0.3, 0.4) is 0 Å². The molecule has 0 aliphatic heterocycles. The number of hydrogen-bond acceptors (Lipinski definition) is 5. The van der Waals surface area contributed by atoms with Gasteiger partial charge < -0.3 is 10.2 Å². The highest BCUT2D eigenvalue weighted by Crippen LogP contribution is 2.22. The van der Waals surface area contributed by atoms with Gasteiger partial charge >= 0.3 is 0 Å². The summed E-state index contributed by atoms with van der Waals surface area (Å²) in [4.78, 5) is 22.3. The van der Waals surface area contributed by atoms with Crippen LogP contribution in [-0.2, 0) is 6.54 Å². The van der Waals surface area contributed by atoms with Gasteiger partial charge in [-0.1, -0.05) is 0 Å². The molecule has 2 rings (SSSR count). The summed E-state index contributed by atoms with van der Waals surface area (Å²) in [5.74, 6) is 0.390. The maximum absolute atomic E-state index is 12.4. The number of nitrogens with one attached hydrogen (secondary N) is 1. The molecule has 2 heterocycles. The van der Waals surface area contributed by atoms with Gasteiger partial charge in [-0.2, -0.15) is 5.10 Å². The molecule has 1 amide bonds. The molecule has 0 saturated carbocycles. The molecule has 2 aromatic heterocycles. The Hall–Kier alpha value is -1.96. The van der Waals surface area contributed by atoms with Crippen LogP contribution in [0.25, 0.3) is 0 Å². The molecule has 106 valence electrons. The molecular formula is C12H15BrN6O. The minimum absolute atomic E-state index is 0.255. The lowest BCUT2D eigenvalue weighted by Gasteiger charge is -2.15. The summed E-state index contributed by atoms with van der Waals surface area (Å²) in [7, 11) is 3.70. The van der Waals surface area contributed by atoms with Gasteiger partial charge in [0.2, 0.25) is 0 Å². The third kappa shape index (κ3) is 2.79. The maximum Gasteiger partial charge on any atom is 0.275 e. The van der Waals surface area contributed by atoms with Crippen molar-refractivity contribution in [2.75, 3.05) is 24.3 Å². The number of aryl methyl sites for hydroxylation is 1. The molecule has 0 aromatic carbocycles. The SMILES string of the molecule is CCn1ncc(Br)c1C(=O)Nc1cncnc1N(C)C. The number of nitrogens with zero attached hydrogens (tertiary/aromatic N) is 5. The van der Waals surface area contributed by atoms with Crippen LogP contribution in [0.2, 0.25) is 0 Å². The van der Waals surface area contributed by atoms with E-state index >= 15 is 0 Å². The van der Waals surface area contributed by atoms with E-state index in [9.17, 15) is 4.79 Å². The second-order valence-corrected chi connectivity index (χ2v) is 5.12. The van der Waals surface area contributed by atoms with Crippen LogP contribution >= 0.6 is 15.9 Å². The second kappa shape index (κ2) is 6.00. The Labute approximate surface area is 125 Å². The molecule has 0 aliphatic carbocycles. The fraction of sp³-hybridized carbons (Fsp3) is 0.333. The summed E-state index contributed by atoms with van der Waals surface area (Å²) in [6.45, 7) is 2.53. The lowest BCUT2D eigenvalue weighted by Crippen LogP contribution is -2.21. The summed E-state index contributed by atoms with van der Waals surface area (Å²) in [5.41, 5.74) is 1.03.